The minimum absolute atomic E-state index is 0.0479. The molecule has 1 aromatic rings. The van der Waals surface area contributed by atoms with Gasteiger partial charge in [-0.2, -0.15) is 4.98 Å². The molecule has 4 aliphatic rings. The third-order valence-electron chi connectivity index (χ3n) is 5.61. The molecule has 0 radical (unpaired) electrons. The summed E-state index contributed by atoms with van der Waals surface area (Å²) in [6, 6.07) is 0. The van der Waals surface area contributed by atoms with Crippen LogP contribution < -0.4 is 5.32 Å². The van der Waals surface area contributed by atoms with Gasteiger partial charge < -0.3 is 9.67 Å². The van der Waals surface area contributed by atoms with Crippen molar-refractivity contribution in [2.24, 2.45) is 30.2 Å². The Bertz CT molecular complexity index is 528. The van der Waals surface area contributed by atoms with Gasteiger partial charge in [-0.1, -0.05) is 0 Å². The zero-order valence-corrected chi connectivity index (χ0v) is 11.8. The van der Waals surface area contributed by atoms with Crippen LogP contribution in [-0.4, -0.2) is 20.6 Å². The normalized spacial score (nSPS) is 38.1. The Morgan fingerprint density at radius 1 is 1.30 bits per heavy atom. The van der Waals surface area contributed by atoms with E-state index in [-0.39, 0.29) is 17.2 Å². The molecule has 0 aliphatic heterocycles. The van der Waals surface area contributed by atoms with Gasteiger partial charge in [0.05, 0.1) is 11.6 Å². The molecular formula is C15H21N3O2. The van der Waals surface area contributed by atoms with Gasteiger partial charge in [0.1, 0.15) is 0 Å². The second-order valence-electron chi connectivity index (χ2n) is 7.19. The molecule has 5 nitrogen and oxygen atoms in total. The van der Waals surface area contributed by atoms with E-state index in [9.17, 15) is 9.90 Å². The molecule has 20 heavy (non-hydrogen) atoms. The summed E-state index contributed by atoms with van der Waals surface area (Å²) in [6.07, 6.45) is 8.63. The summed E-state index contributed by atoms with van der Waals surface area (Å²) in [5.41, 5.74) is -0.170. The summed E-state index contributed by atoms with van der Waals surface area (Å²) in [5.74, 6) is 2.77. The van der Waals surface area contributed by atoms with Crippen molar-refractivity contribution in [3.8, 4) is 5.88 Å². The number of carbonyl (C=O) groups is 1. The average Bonchev–Trinajstić information content (AvgIpc) is 2.66. The number of nitrogens with zero attached hydrogens (tertiary/aromatic N) is 2. The molecule has 4 aliphatic carbocycles. The summed E-state index contributed by atoms with van der Waals surface area (Å²) in [6.45, 7) is 0. The molecule has 1 aromatic heterocycles. The van der Waals surface area contributed by atoms with Crippen molar-refractivity contribution in [2.75, 3.05) is 5.32 Å². The topological polar surface area (TPSA) is 67.2 Å². The van der Waals surface area contributed by atoms with Crippen molar-refractivity contribution in [1.82, 2.24) is 9.55 Å². The number of hydrogen-bond acceptors (Lipinski definition) is 3. The lowest BCUT2D eigenvalue weighted by atomic mass is 9.49. The second-order valence-corrected chi connectivity index (χ2v) is 7.19. The van der Waals surface area contributed by atoms with E-state index in [2.05, 4.69) is 10.3 Å². The summed E-state index contributed by atoms with van der Waals surface area (Å²) in [7, 11) is 1.78. The molecule has 4 bridgehead atoms. The largest absolute Gasteiger partial charge is 0.492 e. The van der Waals surface area contributed by atoms with Gasteiger partial charge in [-0.25, -0.2) is 0 Å². The van der Waals surface area contributed by atoms with E-state index >= 15 is 0 Å². The van der Waals surface area contributed by atoms with Crippen LogP contribution in [0.1, 0.15) is 38.5 Å². The van der Waals surface area contributed by atoms with Crippen LogP contribution in [0.4, 0.5) is 5.95 Å². The van der Waals surface area contributed by atoms with E-state index < -0.39 is 0 Å². The number of aromatic hydroxyl groups is 1. The van der Waals surface area contributed by atoms with Gasteiger partial charge in [0.15, 0.2) is 0 Å². The third-order valence-corrected chi connectivity index (χ3v) is 5.61. The number of rotatable bonds is 2. The number of imidazole rings is 1. The maximum atomic E-state index is 12.8. The maximum absolute atomic E-state index is 12.8. The van der Waals surface area contributed by atoms with E-state index in [0.29, 0.717) is 5.95 Å². The summed E-state index contributed by atoms with van der Waals surface area (Å²) in [5, 5.41) is 12.3. The van der Waals surface area contributed by atoms with Crippen LogP contribution in [0.3, 0.4) is 0 Å². The van der Waals surface area contributed by atoms with Crippen molar-refractivity contribution in [1.29, 1.82) is 0 Å². The first-order valence-corrected chi connectivity index (χ1v) is 7.58. The van der Waals surface area contributed by atoms with Crippen LogP contribution in [0.5, 0.6) is 5.88 Å². The Labute approximate surface area is 118 Å². The first-order chi connectivity index (χ1) is 9.54. The standard InChI is InChI=1S/C15H21N3O2/c1-18-8-12(19)16-14(18)17-13(20)15-5-9-2-10(6-15)4-11(3-9)7-15/h8-11,19H,2-7H2,1H3,(H,16,17,20). The highest BCUT2D eigenvalue weighted by Gasteiger charge is 2.54. The van der Waals surface area contributed by atoms with Gasteiger partial charge in [-0.3, -0.25) is 10.1 Å². The molecule has 4 saturated carbocycles. The highest BCUT2D eigenvalue weighted by Crippen LogP contribution is 2.60. The zero-order valence-electron chi connectivity index (χ0n) is 11.8. The van der Waals surface area contributed by atoms with Crippen LogP contribution in [0, 0.1) is 23.2 Å². The number of hydrogen-bond donors (Lipinski definition) is 2. The number of carbonyl (C=O) groups excluding carboxylic acids is 1. The minimum Gasteiger partial charge on any atom is -0.492 e. The lowest BCUT2D eigenvalue weighted by Gasteiger charge is -2.55. The third kappa shape index (κ3) is 1.75. The molecule has 1 amide bonds. The van der Waals surface area contributed by atoms with E-state index in [1.54, 1.807) is 11.6 Å². The SMILES string of the molecule is Cn1cc(O)nc1NC(=O)C12CC3CC(CC(C3)C1)C2. The van der Waals surface area contributed by atoms with Crippen molar-refractivity contribution in [3.05, 3.63) is 6.20 Å². The molecular weight excluding hydrogens is 254 g/mol. The fraction of sp³-hybridized carbons (Fsp3) is 0.733. The van der Waals surface area contributed by atoms with E-state index in [1.807, 2.05) is 0 Å². The molecule has 2 N–H and O–H groups in total. The van der Waals surface area contributed by atoms with Gasteiger partial charge in [-0.05, 0) is 56.3 Å². The summed E-state index contributed by atoms with van der Waals surface area (Å²) >= 11 is 0. The first-order valence-electron chi connectivity index (χ1n) is 7.58. The number of amides is 1. The number of aryl methyl sites for hydroxylation is 1. The molecule has 0 saturated heterocycles. The Morgan fingerprint density at radius 2 is 1.85 bits per heavy atom. The summed E-state index contributed by atoms with van der Waals surface area (Å²) < 4.78 is 1.66. The Balaban J connectivity index is 1.58. The highest BCUT2D eigenvalue weighted by atomic mass is 16.3. The highest BCUT2D eigenvalue weighted by molar-refractivity contribution is 5.94. The van der Waals surface area contributed by atoms with Crippen molar-refractivity contribution >= 4 is 11.9 Å². The quantitative estimate of drug-likeness (QED) is 0.870. The van der Waals surface area contributed by atoms with Crippen molar-refractivity contribution in [2.45, 2.75) is 38.5 Å². The Morgan fingerprint density at radius 3 is 2.30 bits per heavy atom. The molecule has 4 fully saturated rings. The van der Waals surface area contributed by atoms with Gasteiger partial charge >= 0.3 is 0 Å². The van der Waals surface area contributed by atoms with Gasteiger partial charge in [-0.15, -0.1) is 0 Å². The lowest BCUT2D eigenvalue weighted by Crippen LogP contribution is -2.52. The summed E-state index contributed by atoms with van der Waals surface area (Å²) in [4.78, 5) is 16.7. The molecule has 0 spiro atoms. The monoisotopic (exact) mass is 275 g/mol. The van der Waals surface area contributed by atoms with Crippen LogP contribution in [0.2, 0.25) is 0 Å². The van der Waals surface area contributed by atoms with E-state index in [1.165, 1.54) is 25.5 Å². The fourth-order valence-corrected chi connectivity index (χ4v) is 5.19. The molecule has 1 heterocycles. The molecule has 0 atom stereocenters. The van der Waals surface area contributed by atoms with E-state index in [4.69, 9.17) is 0 Å². The second kappa shape index (κ2) is 3.99. The first kappa shape index (κ1) is 12.2. The van der Waals surface area contributed by atoms with Gasteiger partial charge in [0, 0.05) is 7.05 Å². The number of anilines is 1. The van der Waals surface area contributed by atoms with Crippen LogP contribution in [0.25, 0.3) is 0 Å². The zero-order chi connectivity index (χ0) is 13.9. The van der Waals surface area contributed by atoms with Crippen LogP contribution >= 0.6 is 0 Å². The minimum atomic E-state index is -0.170. The Kier molecular flexibility index (Phi) is 2.44. The predicted molar refractivity (Wildman–Crippen MR) is 74.1 cm³/mol. The molecule has 5 rings (SSSR count). The van der Waals surface area contributed by atoms with E-state index in [0.717, 1.165) is 37.0 Å². The van der Waals surface area contributed by atoms with Crippen molar-refractivity contribution < 1.29 is 9.90 Å². The Hall–Kier alpha value is -1.52. The van der Waals surface area contributed by atoms with Gasteiger partial charge in [0.25, 0.3) is 0 Å². The van der Waals surface area contributed by atoms with Crippen LogP contribution in [-0.2, 0) is 11.8 Å². The van der Waals surface area contributed by atoms with Crippen LogP contribution in [0.15, 0.2) is 6.20 Å². The number of aromatic nitrogens is 2. The molecule has 0 aromatic carbocycles. The smallest absolute Gasteiger partial charge is 0.232 e. The van der Waals surface area contributed by atoms with Crippen molar-refractivity contribution in [3.63, 3.8) is 0 Å². The predicted octanol–water partition coefficient (Wildman–Crippen LogP) is 2.28. The maximum Gasteiger partial charge on any atom is 0.232 e. The molecule has 5 heteroatoms. The average molecular weight is 275 g/mol. The number of nitrogens with one attached hydrogen (secondary N) is 1. The molecule has 108 valence electrons. The lowest BCUT2D eigenvalue weighted by molar-refractivity contribution is -0.140. The molecule has 0 unspecified atom stereocenters. The fourth-order valence-electron chi connectivity index (χ4n) is 5.19. The van der Waals surface area contributed by atoms with Gasteiger partial charge in [0.2, 0.25) is 17.7 Å².